The molecule has 0 saturated carbocycles. The first-order valence-electron chi connectivity index (χ1n) is 5.67. The van der Waals surface area contributed by atoms with Gasteiger partial charge in [0.2, 0.25) is 0 Å². The number of hydrogen-bond acceptors (Lipinski definition) is 6. The zero-order valence-corrected chi connectivity index (χ0v) is 12.3. The van der Waals surface area contributed by atoms with Crippen LogP contribution in [0.3, 0.4) is 0 Å². The zero-order valence-electron chi connectivity index (χ0n) is 10.7. The van der Waals surface area contributed by atoms with Crippen molar-refractivity contribution in [2.75, 3.05) is 0 Å². The van der Waals surface area contributed by atoms with Crippen LogP contribution in [-0.2, 0) is 6.54 Å². The molecule has 0 unspecified atom stereocenters. The third-order valence-corrected chi connectivity index (χ3v) is 4.02. The number of pyridine rings is 1. The molecule has 0 aliphatic rings. The summed E-state index contributed by atoms with van der Waals surface area (Å²) < 4.78 is 0.922. The molecule has 4 nitrogen and oxygen atoms in total. The summed E-state index contributed by atoms with van der Waals surface area (Å²) in [7, 11) is 0. The van der Waals surface area contributed by atoms with Crippen LogP contribution in [-0.4, -0.2) is 20.7 Å². The van der Waals surface area contributed by atoms with E-state index in [1.807, 2.05) is 12.3 Å². The Hall–Kier alpha value is -0.980. The van der Waals surface area contributed by atoms with Gasteiger partial charge in [-0.25, -0.2) is 4.98 Å². The van der Waals surface area contributed by atoms with Gasteiger partial charge in [0.15, 0.2) is 4.34 Å². The highest BCUT2D eigenvalue weighted by molar-refractivity contribution is 8.01. The summed E-state index contributed by atoms with van der Waals surface area (Å²) in [5.74, 6) is 0. The van der Waals surface area contributed by atoms with Gasteiger partial charge < -0.3 is 5.32 Å². The molecule has 2 aromatic heterocycles. The lowest BCUT2D eigenvalue weighted by molar-refractivity contribution is 0.422. The van der Waals surface area contributed by atoms with Crippen LogP contribution >= 0.6 is 23.1 Å². The van der Waals surface area contributed by atoms with Crippen LogP contribution in [0.15, 0.2) is 33.2 Å². The first-order valence-corrected chi connectivity index (χ1v) is 7.37. The molecule has 0 atom stereocenters. The number of nitrogens with zero attached hydrogens (tertiary/aromatic N) is 3. The average molecular weight is 280 g/mol. The minimum Gasteiger partial charge on any atom is -0.308 e. The van der Waals surface area contributed by atoms with Gasteiger partial charge in [0.1, 0.15) is 10.5 Å². The molecule has 2 rings (SSSR count). The molecular weight excluding hydrogens is 264 g/mol. The van der Waals surface area contributed by atoms with E-state index < -0.39 is 0 Å². The van der Waals surface area contributed by atoms with Crippen molar-refractivity contribution >= 4 is 23.1 Å². The average Bonchev–Trinajstić information content (AvgIpc) is 2.80. The minimum absolute atomic E-state index is 0.0977. The fourth-order valence-corrected chi connectivity index (χ4v) is 2.78. The van der Waals surface area contributed by atoms with Gasteiger partial charge in [-0.1, -0.05) is 17.4 Å². The van der Waals surface area contributed by atoms with Crippen LogP contribution in [0, 0.1) is 0 Å². The molecular formula is C12H16N4S2. The summed E-state index contributed by atoms with van der Waals surface area (Å²) >= 11 is 3.10. The van der Waals surface area contributed by atoms with E-state index in [-0.39, 0.29) is 5.54 Å². The van der Waals surface area contributed by atoms with Crippen LogP contribution in [0.25, 0.3) is 0 Å². The third kappa shape index (κ3) is 4.04. The molecule has 0 saturated heterocycles. The highest BCUT2D eigenvalue weighted by Crippen LogP contribution is 2.29. The minimum atomic E-state index is 0.0977. The Labute approximate surface area is 115 Å². The van der Waals surface area contributed by atoms with Crippen molar-refractivity contribution in [3.05, 3.63) is 29.4 Å². The summed E-state index contributed by atoms with van der Waals surface area (Å²) in [6, 6.07) is 4.05. The van der Waals surface area contributed by atoms with Crippen LogP contribution in [0.5, 0.6) is 0 Å². The van der Waals surface area contributed by atoms with E-state index in [1.54, 1.807) is 17.3 Å². The van der Waals surface area contributed by atoms with Gasteiger partial charge in [-0.15, -0.1) is 10.2 Å². The van der Waals surface area contributed by atoms with Crippen molar-refractivity contribution < 1.29 is 0 Å². The lowest BCUT2D eigenvalue weighted by Crippen LogP contribution is -2.35. The van der Waals surface area contributed by atoms with Gasteiger partial charge in [0.05, 0.1) is 0 Å². The standard InChI is InChI=1S/C12H16N4S2/c1-12(2,3)14-7-9-5-4-6-13-10(9)18-11-16-15-8-17-11/h4-6,8,14H,7H2,1-3H3. The van der Waals surface area contributed by atoms with Crippen LogP contribution in [0.2, 0.25) is 0 Å². The molecule has 0 aliphatic heterocycles. The Bertz CT molecular complexity index is 491. The third-order valence-electron chi connectivity index (χ3n) is 2.18. The van der Waals surface area contributed by atoms with E-state index in [0.29, 0.717) is 0 Å². The largest absolute Gasteiger partial charge is 0.308 e. The van der Waals surface area contributed by atoms with Crippen molar-refractivity contribution in [1.82, 2.24) is 20.5 Å². The summed E-state index contributed by atoms with van der Waals surface area (Å²) in [5, 5.41) is 12.3. The molecule has 0 aliphatic carbocycles. The molecule has 6 heteroatoms. The molecule has 0 spiro atoms. The molecule has 18 heavy (non-hydrogen) atoms. The van der Waals surface area contributed by atoms with Crippen LogP contribution in [0.4, 0.5) is 0 Å². The Morgan fingerprint density at radius 2 is 2.22 bits per heavy atom. The summed E-state index contributed by atoms with van der Waals surface area (Å²) in [6.45, 7) is 7.27. The van der Waals surface area contributed by atoms with Gasteiger partial charge in [0, 0.05) is 18.3 Å². The number of hydrogen-bond donors (Lipinski definition) is 1. The number of aromatic nitrogens is 3. The normalized spacial score (nSPS) is 11.7. The van der Waals surface area contributed by atoms with Crippen molar-refractivity contribution in [3.8, 4) is 0 Å². The molecule has 1 N–H and O–H groups in total. The second-order valence-corrected chi connectivity index (χ2v) is 6.95. The first kappa shape index (κ1) is 13.5. The molecule has 0 aromatic carbocycles. The Balaban J connectivity index is 2.10. The second-order valence-electron chi connectivity index (χ2n) is 4.88. The van der Waals surface area contributed by atoms with Gasteiger partial charge >= 0.3 is 0 Å². The smallest absolute Gasteiger partial charge is 0.180 e. The van der Waals surface area contributed by atoms with E-state index in [2.05, 4.69) is 47.3 Å². The van der Waals surface area contributed by atoms with E-state index in [4.69, 9.17) is 0 Å². The number of rotatable bonds is 4. The van der Waals surface area contributed by atoms with E-state index in [1.165, 1.54) is 16.9 Å². The highest BCUT2D eigenvalue weighted by Gasteiger charge is 2.12. The van der Waals surface area contributed by atoms with Crippen molar-refractivity contribution in [3.63, 3.8) is 0 Å². The van der Waals surface area contributed by atoms with E-state index in [0.717, 1.165) is 15.9 Å². The summed E-state index contributed by atoms with van der Waals surface area (Å²) in [5.41, 5.74) is 3.02. The maximum absolute atomic E-state index is 4.42. The highest BCUT2D eigenvalue weighted by atomic mass is 32.2. The molecule has 0 fully saturated rings. The first-order chi connectivity index (χ1) is 8.54. The lowest BCUT2D eigenvalue weighted by atomic mass is 10.1. The monoisotopic (exact) mass is 280 g/mol. The number of nitrogens with one attached hydrogen (secondary N) is 1. The van der Waals surface area contributed by atoms with E-state index in [9.17, 15) is 0 Å². The second kappa shape index (κ2) is 5.77. The van der Waals surface area contributed by atoms with Crippen LogP contribution < -0.4 is 5.32 Å². The molecule has 0 bridgehead atoms. The fraction of sp³-hybridized carbons (Fsp3) is 0.417. The van der Waals surface area contributed by atoms with E-state index >= 15 is 0 Å². The van der Waals surface area contributed by atoms with Gasteiger partial charge in [-0.2, -0.15) is 0 Å². The predicted molar refractivity (Wildman–Crippen MR) is 74.9 cm³/mol. The van der Waals surface area contributed by atoms with Gasteiger partial charge in [0.25, 0.3) is 0 Å². The van der Waals surface area contributed by atoms with Gasteiger partial charge in [-0.05, 0) is 44.2 Å². The molecule has 2 aromatic rings. The Morgan fingerprint density at radius 3 is 2.89 bits per heavy atom. The molecule has 2 heterocycles. The molecule has 0 amide bonds. The quantitative estimate of drug-likeness (QED) is 0.933. The lowest BCUT2D eigenvalue weighted by Gasteiger charge is -2.21. The Morgan fingerprint density at radius 1 is 1.39 bits per heavy atom. The zero-order chi connectivity index (χ0) is 13.0. The SMILES string of the molecule is CC(C)(C)NCc1cccnc1Sc1nncs1. The molecule has 96 valence electrons. The van der Waals surface area contributed by atoms with Gasteiger partial charge in [-0.3, -0.25) is 0 Å². The Kier molecular flexibility index (Phi) is 4.31. The van der Waals surface area contributed by atoms with Crippen LogP contribution in [0.1, 0.15) is 26.3 Å². The van der Waals surface area contributed by atoms with Crippen molar-refractivity contribution in [1.29, 1.82) is 0 Å². The maximum atomic E-state index is 4.42. The predicted octanol–water partition coefficient (Wildman–Crippen LogP) is 2.97. The summed E-state index contributed by atoms with van der Waals surface area (Å²) in [4.78, 5) is 4.42. The maximum Gasteiger partial charge on any atom is 0.180 e. The van der Waals surface area contributed by atoms with Crippen molar-refractivity contribution in [2.45, 2.75) is 42.2 Å². The fourth-order valence-electron chi connectivity index (χ4n) is 1.30. The molecule has 0 radical (unpaired) electrons. The van der Waals surface area contributed by atoms with Crippen molar-refractivity contribution in [2.24, 2.45) is 0 Å². The topological polar surface area (TPSA) is 50.7 Å². The summed E-state index contributed by atoms with van der Waals surface area (Å²) in [6.07, 6.45) is 1.81.